The molecule has 0 N–H and O–H groups in total. The summed E-state index contributed by atoms with van der Waals surface area (Å²) in [6, 6.07) is 7.78. The van der Waals surface area contributed by atoms with Gasteiger partial charge in [0, 0.05) is 25.9 Å². The van der Waals surface area contributed by atoms with E-state index in [9.17, 15) is 14.4 Å². The SMILES string of the molecule is CCOC(=O)C(=O)N(CCCC(=O)CC)Cc1ccc(C)cc1. The van der Waals surface area contributed by atoms with Crippen LogP contribution in [0.25, 0.3) is 0 Å². The summed E-state index contributed by atoms with van der Waals surface area (Å²) in [4.78, 5) is 36.8. The molecular weight excluding hydrogens is 294 g/mol. The summed E-state index contributed by atoms with van der Waals surface area (Å²) in [5.41, 5.74) is 2.07. The Morgan fingerprint density at radius 1 is 1.09 bits per heavy atom. The van der Waals surface area contributed by atoms with Crippen molar-refractivity contribution in [2.75, 3.05) is 13.2 Å². The Labute approximate surface area is 137 Å². The summed E-state index contributed by atoms with van der Waals surface area (Å²) < 4.78 is 4.79. The van der Waals surface area contributed by atoms with Crippen LogP contribution in [-0.4, -0.2) is 35.7 Å². The number of hydrogen-bond donors (Lipinski definition) is 0. The molecule has 1 amide bonds. The van der Waals surface area contributed by atoms with E-state index in [-0.39, 0.29) is 12.4 Å². The Morgan fingerprint density at radius 2 is 1.74 bits per heavy atom. The monoisotopic (exact) mass is 319 g/mol. The van der Waals surface area contributed by atoms with E-state index in [4.69, 9.17) is 4.74 Å². The Balaban J connectivity index is 2.74. The van der Waals surface area contributed by atoms with Gasteiger partial charge in [-0.15, -0.1) is 0 Å². The van der Waals surface area contributed by atoms with Gasteiger partial charge in [0.15, 0.2) is 0 Å². The van der Waals surface area contributed by atoms with Crippen molar-refractivity contribution in [2.45, 2.75) is 46.6 Å². The third-order valence-electron chi connectivity index (χ3n) is 3.51. The molecule has 1 aromatic rings. The van der Waals surface area contributed by atoms with Crippen molar-refractivity contribution in [3.63, 3.8) is 0 Å². The molecule has 0 radical (unpaired) electrons. The van der Waals surface area contributed by atoms with Crippen LogP contribution < -0.4 is 0 Å². The first-order valence-electron chi connectivity index (χ1n) is 8.01. The van der Waals surface area contributed by atoms with Crippen LogP contribution in [0.2, 0.25) is 0 Å². The molecule has 0 fully saturated rings. The summed E-state index contributed by atoms with van der Waals surface area (Å²) >= 11 is 0. The van der Waals surface area contributed by atoms with E-state index in [0.717, 1.165) is 11.1 Å². The predicted octanol–water partition coefficient (Wildman–Crippen LogP) is 2.65. The number of hydrogen-bond acceptors (Lipinski definition) is 4. The standard InChI is InChI=1S/C18H25NO4/c1-4-16(20)7-6-12-19(17(21)18(22)23-5-2)13-15-10-8-14(3)9-11-15/h8-11H,4-7,12-13H2,1-3H3. The molecule has 0 unspecified atom stereocenters. The molecule has 0 aromatic heterocycles. The van der Waals surface area contributed by atoms with Crippen LogP contribution in [0.15, 0.2) is 24.3 Å². The largest absolute Gasteiger partial charge is 0.459 e. The molecule has 0 saturated heterocycles. The Morgan fingerprint density at radius 3 is 2.30 bits per heavy atom. The molecular formula is C18H25NO4. The minimum atomic E-state index is -0.846. The molecule has 0 atom stereocenters. The van der Waals surface area contributed by atoms with Gasteiger partial charge in [-0.05, 0) is 25.8 Å². The van der Waals surface area contributed by atoms with E-state index in [0.29, 0.717) is 32.4 Å². The molecule has 0 aliphatic carbocycles. The van der Waals surface area contributed by atoms with E-state index in [1.165, 1.54) is 4.90 Å². The first-order chi connectivity index (χ1) is 11.0. The molecule has 0 saturated carbocycles. The van der Waals surface area contributed by atoms with Crippen molar-refractivity contribution in [3.05, 3.63) is 35.4 Å². The minimum absolute atomic E-state index is 0.156. The molecule has 1 rings (SSSR count). The summed E-state index contributed by atoms with van der Waals surface area (Å²) in [6.45, 7) is 6.32. The van der Waals surface area contributed by atoms with Crippen LogP contribution >= 0.6 is 0 Å². The first kappa shape index (κ1) is 18.9. The van der Waals surface area contributed by atoms with Gasteiger partial charge in [-0.2, -0.15) is 0 Å². The summed E-state index contributed by atoms with van der Waals surface area (Å²) in [6.07, 6.45) is 1.45. The zero-order valence-corrected chi connectivity index (χ0v) is 14.1. The predicted molar refractivity (Wildman–Crippen MR) is 87.8 cm³/mol. The second-order valence-electron chi connectivity index (χ2n) is 5.43. The highest BCUT2D eigenvalue weighted by Gasteiger charge is 2.23. The van der Waals surface area contributed by atoms with Crippen molar-refractivity contribution in [1.82, 2.24) is 4.90 Å². The zero-order chi connectivity index (χ0) is 17.2. The second kappa shape index (κ2) is 9.77. The smallest absolute Gasteiger partial charge is 0.397 e. The van der Waals surface area contributed by atoms with Gasteiger partial charge < -0.3 is 9.64 Å². The summed E-state index contributed by atoms with van der Waals surface area (Å²) in [5, 5.41) is 0. The fourth-order valence-corrected chi connectivity index (χ4v) is 2.13. The Kier molecular flexibility index (Phi) is 8.02. The maximum absolute atomic E-state index is 12.2. The van der Waals surface area contributed by atoms with Crippen LogP contribution in [0, 0.1) is 6.92 Å². The topological polar surface area (TPSA) is 63.7 Å². The van der Waals surface area contributed by atoms with Gasteiger partial charge >= 0.3 is 11.9 Å². The quantitative estimate of drug-likeness (QED) is 0.546. The first-order valence-corrected chi connectivity index (χ1v) is 8.01. The van der Waals surface area contributed by atoms with E-state index < -0.39 is 11.9 Å². The van der Waals surface area contributed by atoms with E-state index in [2.05, 4.69) is 0 Å². The van der Waals surface area contributed by atoms with Crippen LogP contribution in [-0.2, 0) is 25.7 Å². The lowest BCUT2D eigenvalue weighted by atomic mass is 10.1. The fourth-order valence-electron chi connectivity index (χ4n) is 2.13. The number of aryl methyl sites for hydroxylation is 1. The van der Waals surface area contributed by atoms with Gasteiger partial charge in [0.2, 0.25) is 0 Å². The average molecular weight is 319 g/mol. The third kappa shape index (κ3) is 6.63. The number of ether oxygens (including phenoxy) is 1. The molecule has 0 heterocycles. The summed E-state index contributed by atoms with van der Waals surface area (Å²) in [5.74, 6) is -1.35. The van der Waals surface area contributed by atoms with Crippen molar-refractivity contribution >= 4 is 17.7 Å². The van der Waals surface area contributed by atoms with Crippen LogP contribution in [0.1, 0.15) is 44.2 Å². The molecule has 5 heteroatoms. The average Bonchev–Trinajstić information content (AvgIpc) is 2.55. The molecule has 23 heavy (non-hydrogen) atoms. The highest BCUT2D eigenvalue weighted by atomic mass is 16.5. The third-order valence-corrected chi connectivity index (χ3v) is 3.51. The number of benzene rings is 1. The number of carbonyl (C=O) groups excluding carboxylic acids is 3. The van der Waals surface area contributed by atoms with Gasteiger partial charge in [-0.1, -0.05) is 36.8 Å². The number of amides is 1. The molecule has 126 valence electrons. The van der Waals surface area contributed by atoms with Gasteiger partial charge in [-0.3, -0.25) is 9.59 Å². The molecule has 0 aliphatic heterocycles. The number of ketones is 1. The number of Topliss-reactive ketones (excluding diaryl/α,β-unsaturated/α-hetero) is 1. The van der Waals surface area contributed by atoms with Crippen molar-refractivity contribution < 1.29 is 19.1 Å². The normalized spacial score (nSPS) is 10.2. The van der Waals surface area contributed by atoms with Crippen molar-refractivity contribution in [3.8, 4) is 0 Å². The summed E-state index contributed by atoms with van der Waals surface area (Å²) in [7, 11) is 0. The molecule has 0 bridgehead atoms. The molecule has 5 nitrogen and oxygen atoms in total. The van der Waals surface area contributed by atoms with E-state index in [1.54, 1.807) is 6.92 Å². The lowest BCUT2D eigenvalue weighted by molar-refractivity contribution is -0.160. The van der Waals surface area contributed by atoms with Crippen molar-refractivity contribution in [2.24, 2.45) is 0 Å². The zero-order valence-electron chi connectivity index (χ0n) is 14.1. The highest BCUT2D eigenvalue weighted by molar-refractivity contribution is 6.32. The van der Waals surface area contributed by atoms with Gasteiger partial charge in [0.1, 0.15) is 5.78 Å². The van der Waals surface area contributed by atoms with Gasteiger partial charge in [0.25, 0.3) is 0 Å². The maximum Gasteiger partial charge on any atom is 0.397 e. The van der Waals surface area contributed by atoms with E-state index in [1.807, 2.05) is 38.1 Å². The second-order valence-corrected chi connectivity index (χ2v) is 5.43. The van der Waals surface area contributed by atoms with E-state index >= 15 is 0 Å². The van der Waals surface area contributed by atoms with Crippen LogP contribution in [0.5, 0.6) is 0 Å². The fraction of sp³-hybridized carbons (Fsp3) is 0.500. The number of carbonyl (C=O) groups is 3. The van der Waals surface area contributed by atoms with Crippen LogP contribution in [0.3, 0.4) is 0 Å². The van der Waals surface area contributed by atoms with Gasteiger partial charge in [0.05, 0.1) is 6.61 Å². The highest BCUT2D eigenvalue weighted by Crippen LogP contribution is 2.09. The van der Waals surface area contributed by atoms with Gasteiger partial charge in [-0.25, -0.2) is 4.79 Å². The molecule has 0 aliphatic rings. The minimum Gasteiger partial charge on any atom is -0.459 e. The van der Waals surface area contributed by atoms with Crippen LogP contribution in [0.4, 0.5) is 0 Å². The van der Waals surface area contributed by atoms with Crippen molar-refractivity contribution in [1.29, 1.82) is 0 Å². The maximum atomic E-state index is 12.2. The number of nitrogens with zero attached hydrogens (tertiary/aromatic N) is 1. The lowest BCUT2D eigenvalue weighted by Crippen LogP contribution is -2.38. The Hall–Kier alpha value is -2.17. The molecule has 1 aromatic carbocycles. The molecule has 0 spiro atoms. The lowest BCUT2D eigenvalue weighted by Gasteiger charge is -2.21. The Bertz CT molecular complexity index is 536. The number of esters is 1. The number of rotatable bonds is 8.